The predicted molar refractivity (Wildman–Crippen MR) is 72.2 cm³/mol. The Morgan fingerprint density at radius 3 is 3.00 bits per heavy atom. The van der Waals surface area contributed by atoms with E-state index in [0.29, 0.717) is 6.61 Å². The van der Waals surface area contributed by atoms with Gasteiger partial charge in [-0.3, -0.25) is 0 Å². The van der Waals surface area contributed by atoms with E-state index in [0.717, 1.165) is 21.2 Å². The number of hydrogen-bond acceptors (Lipinski definition) is 4. The zero-order valence-electron chi connectivity index (χ0n) is 9.77. The van der Waals surface area contributed by atoms with Crippen LogP contribution in [0.2, 0.25) is 0 Å². The lowest BCUT2D eigenvalue weighted by Gasteiger charge is -2.14. The first-order valence-corrected chi connectivity index (χ1v) is 6.15. The number of benzene rings is 1. The van der Waals surface area contributed by atoms with Crippen LogP contribution in [0.3, 0.4) is 0 Å². The van der Waals surface area contributed by atoms with Gasteiger partial charge in [-0.2, -0.15) is 0 Å². The molecular weight excluding hydrogens is 282 g/mol. The predicted octanol–water partition coefficient (Wildman–Crippen LogP) is 2.84. The van der Waals surface area contributed by atoms with Crippen molar-refractivity contribution in [1.29, 1.82) is 0 Å². The molecule has 0 spiro atoms. The van der Waals surface area contributed by atoms with E-state index in [9.17, 15) is 0 Å². The van der Waals surface area contributed by atoms with Crippen molar-refractivity contribution in [2.45, 2.75) is 13.0 Å². The van der Waals surface area contributed by atoms with Crippen LogP contribution in [0.5, 0.6) is 0 Å². The van der Waals surface area contributed by atoms with E-state index in [1.807, 2.05) is 18.2 Å². The fourth-order valence-electron chi connectivity index (χ4n) is 1.67. The van der Waals surface area contributed by atoms with Crippen LogP contribution >= 0.6 is 15.9 Å². The molecular formula is C12H14BrN3O. The molecule has 1 unspecified atom stereocenters. The fourth-order valence-corrected chi connectivity index (χ4v) is 2.03. The minimum absolute atomic E-state index is 0.206. The number of rotatable bonds is 4. The lowest BCUT2D eigenvalue weighted by atomic mass is 10.2. The number of hydrogen-bond donors (Lipinski definition) is 1. The first-order valence-electron chi connectivity index (χ1n) is 5.36. The van der Waals surface area contributed by atoms with Crippen molar-refractivity contribution in [2.75, 3.05) is 19.0 Å². The van der Waals surface area contributed by atoms with Crippen molar-refractivity contribution in [3.8, 4) is 0 Å². The molecule has 1 heterocycles. The number of aromatic nitrogens is 2. The first kappa shape index (κ1) is 12.3. The molecule has 2 aromatic rings. The van der Waals surface area contributed by atoms with Crippen LogP contribution < -0.4 is 5.32 Å². The Labute approximate surface area is 109 Å². The minimum Gasteiger partial charge on any atom is -0.383 e. The molecule has 0 aliphatic rings. The van der Waals surface area contributed by atoms with E-state index in [-0.39, 0.29) is 6.04 Å². The summed E-state index contributed by atoms with van der Waals surface area (Å²) in [4.78, 5) is 8.50. The van der Waals surface area contributed by atoms with Crippen LogP contribution in [0.1, 0.15) is 6.92 Å². The van der Waals surface area contributed by atoms with Gasteiger partial charge in [0.05, 0.1) is 12.1 Å². The van der Waals surface area contributed by atoms with Crippen molar-refractivity contribution in [2.24, 2.45) is 0 Å². The summed E-state index contributed by atoms with van der Waals surface area (Å²) in [5.74, 6) is 0.834. The molecule has 1 N–H and O–H groups in total. The third kappa shape index (κ3) is 2.92. The monoisotopic (exact) mass is 295 g/mol. The highest BCUT2D eigenvalue weighted by atomic mass is 79.9. The molecule has 0 saturated heterocycles. The van der Waals surface area contributed by atoms with Gasteiger partial charge in [-0.1, -0.05) is 15.9 Å². The highest BCUT2D eigenvalue weighted by Crippen LogP contribution is 2.23. The van der Waals surface area contributed by atoms with Gasteiger partial charge in [-0.05, 0) is 25.1 Å². The number of methoxy groups -OCH3 is 1. The second-order valence-corrected chi connectivity index (χ2v) is 4.80. The normalized spacial score (nSPS) is 12.6. The van der Waals surface area contributed by atoms with Crippen molar-refractivity contribution in [3.63, 3.8) is 0 Å². The van der Waals surface area contributed by atoms with Crippen LogP contribution in [0, 0.1) is 0 Å². The van der Waals surface area contributed by atoms with E-state index >= 15 is 0 Å². The molecule has 5 heteroatoms. The third-order valence-electron chi connectivity index (χ3n) is 2.40. The fraction of sp³-hybridized carbons (Fsp3) is 0.333. The molecule has 1 aromatic heterocycles. The molecule has 0 aliphatic carbocycles. The van der Waals surface area contributed by atoms with Crippen LogP contribution in [0.4, 0.5) is 5.82 Å². The number of nitrogens with one attached hydrogen (secondary N) is 1. The highest BCUT2D eigenvalue weighted by molar-refractivity contribution is 9.10. The summed E-state index contributed by atoms with van der Waals surface area (Å²) in [6, 6.07) is 6.15. The van der Waals surface area contributed by atoms with Crippen LogP contribution in [-0.2, 0) is 4.74 Å². The van der Waals surface area contributed by atoms with Gasteiger partial charge in [0.2, 0.25) is 0 Å². The average Bonchev–Trinajstić information content (AvgIpc) is 2.30. The quantitative estimate of drug-likeness (QED) is 0.942. The number of halogens is 1. The Bertz CT molecular complexity index is 518. The van der Waals surface area contributed by atoms with Gasteiger partial charge in [-0.25, -0.2) is 9.97 Å². The van der Waals surface area contributed by atoms with Gasteiger partial charge < -0.3 is 10.1 Å². The molecule has 0 radical (unpaired) electrons. The van der Waals surface area contributed by atoms with Gasteiger partial charge in [0.15, 0.2) is 0 Å². The maximum atomic E-state index is 5.10. The molecule has 90 valence electrons. The maximum Gasteiger partial charge on any atom is 0.137 e. The summed E-state index contributed by atoms with van der Waals surface area (Å²) in [5.41, 5.74) is 0.926. The molecule has 17 heavy (non-hydrogen) atoms. The van der Waals surface area contributed by atoms with Crippen LogP contribution in [0.25, 0.3) is 10.9 Å². The number of nitrogens with zero attached hydrogens (tertiary/aromatic N) is 2. The Balaban J connectivity index is 2.36. The van der Waals surface area contributed by atoms with Crippen LogP contribution in [-0.4, -0.2) is 29.7 Å². The Morgan fingerprint density at radius 2 is 2.24 bits per heavy atom. The lowest BCUT2D eigenvalue weighted by Crippen LogP contribution is -2.21. The third-order valence-corrected chi connectivity index (χ3v) is 2.89. The minimum atomic E-state index is 0.206. The first-order chi connectivity index (χ1) is 8.20. The van der Waals surface area contributed by atoms with Crippen molar-refractivity contribution in [3.05, 3.63) is 29.0 Å². The zero-order valence-corrected chi connectivity index (χ0v) is 11.4. The molecule has 1 aromatic carbocycles. The summed E-state index contributed by atoms with van der Waals surface area (Å²) in [6.07, 6.45) is 1.57. The molecule has 0 amide bonds. The summed E-state index contributed by atoms with van der Waals surface area (Å²) < 4.78 is 6.11. The Morgan fingerprint density at radius 1 is 1.41 bits per heavy atom. The molecule has 0 bridgehead atoms. The standard InChI is InChI=1S/C12H14BrN3O/c1-8(6-17-2)16-12-10-5-9(13)3-4-11(10)14-7-15-12/h3-5,7-8H,6H2,1-2H3,(H,14,15,16). The van der Waals surface area contributed by atoms with Gasteiger partial charge >= 0.3 is 0 Å². The molecule has 1 atom stereocenters. The Hall–Kier alpha value is -1.20. The molecule has 0 fully saturated rings. The summed E-state index contributed by atoms with van der Waals surface area (Å²) in [5, 5.41) is 4.32. The lowest BCUT2D eigenvalue weighted by molar-refractivity contribution is 0.190. The molecule has 4 nitrogen and oxygen atoms in total. The highest BCUT2D eigenvalue weighted by Gasteiger charge is 2.07. The molecule has 0 aliphatic heterocycles. The van der Waals surface area contributed by atoms with Gasteiger partial charge in [-0.15, -0.1) is 0 Å². The average molecular weight is 296 g/mol. The van der Waals surface area contributed by atoms with Crippen molar-refractivity contribution < 1.29 is 4.74 Å². The van der Waals surface area contributed by atoms with Gasteiger partial charge in [0.25, 0.3) is 0 Å². The SMILES string of the molecule is COCC(C)Nc1ncnc2ccc(Br)cc12. The van der Waals surface area contributed by atoms with E-state index < -0.39 is 0 Å². The smallest absolute Gasteiger partial charge is 0.137 e. The van der Waals surface area contributed by atoms with E-state index in [2.05, 4.69) is 38.1 Å². The number of anilines is 1. The zero-order chi connectivity index (χ0) is 12.3. The van der Waals surface area contributed by atoms with E-state index in [4.69, 9.17) is 4.74 Å². The number of fused-ring (bicyclic) bond motifs is 1. The summed E-state index contributed by atoms with van der Waals surface area (Å²) in [7, 11) is 1.69. The van der Waals surface area contributed by atoms with Crippen molar-refractivity contribution >= 4 is 32.7 Å². The number of ether oxygens (including phenoxy) is 1. The summed E-state index contributed by atoms with van der Waals surface area (Å²) >= 11 is 3.46. The topological polar surface area (TPSA) is 47.0 Å². The van der Waals surface area contributed by atoms with Crippen molar-refractivity contribution in [1.82, 2.24) is 9.97 Å². The van der Waals surface area contributed by atoms with Gasteiger partial charge in [0.1, 0.15) is 12.1 Å². The van der Waals surface area contributed by atoms with E-state index in [1.165, 1.54) is 0 Å². The largest absolute Gasteiger partial charge is 0.383 e. The Kier molecular flexibility index (Phi) is 3.91. The van der Waals surface area contributed by atoms with E-state index in [1.54, 1.807) is 13.4 Å². The second kappa shape index (κ2) is 5.42. The molecule has 2 rings (SSSR count). The summed E-state index contributed by atoms with van der Waals surface area (Å²) in [6.45, 7) is 2.69. The van der Waals surface area contributed by atoms with Crippen LogP contribution in [0.15, 0.2) is 29.0 Å². The molecule has 0 saturated carbocycles. The second-order valence-electron chi connectivity index (χ2n) is 3.88. The van der Waals surface area contributed by atoms with Gasteiger partial charge in [0, 0.05) is 23.0 Å². The maximum absolute atomic E-state index is 5.10.